The summed E-state index contributed by atoms with van der Waals surface area (Å²) in [6.45, 7) is 10.7. The minimum absolute atomic E-state index is 0.823. The molecule has 5 nitrogen and oxygen atoms in total. The third kappa shape index (κ3) is 3.76. The molecule has 1 aromatic heterocycles. The van der Waals surface area contributed by atoms with Crippen LogP contribution in [0.25, 0.3) is 0 Å². The molecule has 0 aliphatic carbocycles. The molecule has 0 spiro atoms. The van der Waals surface area contributed by atoms with E-state index in [4.69, 9.17) is 4.98 Å². The van der Waals surface area contributed by atoms with Crippen molar-refractivity contribution < 1.29 is 0 Å². The Kier molecular flexibility index (Phi) is 4.96. The lowest BCUT2D eigenvalue weighted by atomic mass is 10.00. The number of hydrogen-bond donors (Lipinski definition) is 0. The zero-order valence-corrected chi connectivity index (χ0v) is 15.9. The molecule has 2 saturated heterocycles. The van der Waals surface area contributed by atoms with E-state index in [-0.39, 0.29) is 0 Å². The van der Waals surface area contributed by atoms with E-state index in [2.05, 4.69) is 63.9 Å². The second-order valence-corrected chi connectivity index (χ2v) is 7.70. The fraction of sp³-hybridized carbons (Fsp3) is 0.524. The molecule has 2 aromatic rings. The van der Waals surface area contributed by atoms with Gasteiger partial charge in [-0.25, -0.2) is 4.98 Å². The minimum atomic E-state index is 0.823. The predicted molar refractivity (Wildman–Crippen MR) is 108 cm³/mol. The first-order chi connectivity index (χ1) is 12.7. The fourth-order valence-electron chi connectivity index (χ4n) is 3.89. The molecule has 5 heteroatoms. The van der Waals surface area contributed by atoms with Crippen LogP contribution in [0, 0.1) is 12.8 Å². The van der Waals surface area contributed by atoms with Crippen LogP contribution in [0.1, 0.15) is 25.3 Å². The van der Waals surface area contributed by atoms with Crippen molar-refractivity contribution in [3.8, 4) is 0 Å². The summed E-state index contributed by atoms with van der Waals surface area (Å²) in [6.07, 6.45) is 4.40. The number of aryl methyl sites for hydroxylation is 1. The van der Waals surface area contributed by atoms with Gasteiger partial charge in [0.15, 0.2) is 0 Å². The van der Waals surface area contributed by atoms with Gasteiger partial charge in [-0.3, -0.25) is 0 Å². The highest BCUT2D eigenvalue weighted by molar-refractivity contribution is 5.51. The van der Waals surface area contributed by atoms with E-state index < -0.39 is 0 Å². The Balaban J connectivity index is 1.41. The average Bonchev–Trinajstić information content (AvgIpc) is 2.69. The summed E-state index contributed by atoms with van der Waals surface area (Å²) in [7, 11) is 0. The Morgan fingerprint density at radius 2 is 1.62 bits per heavy atom. The molecule has 0 bridgehead atoms. The van der Waals surface area contributed by atoms with Crippen molar-refractivity contribution in [1.29, 1.82) is 0 Å². The predicted octanol–water partition coefficient (Wildman–Crippen LogP) is 3.35. The lowest BCUT2D eigenvalue weighted by Crippen LogP contribution is -2.47. The zero-order valence-electron chi connectivity index (χ0n) is 15.9. The summed E-state index contributed by atoms with van der Waals surface area (Å²) in [4.78, 5) is 16.6. The van der Waals surface area contributed by atoms with Gasteiger partial charge >= 0.3 is 0 Å². The van der Waals surface area contributed by atoms with Gasteiger partial charge in [-0.15, -0.1) is 0 Å². The fourth-order valence-corrected chi connectivity index (χ4v) is 3.89. The van der Waals surface area contributed by atoms with Gasteiger partial charge in [0.05, 0.1) is 0 Å². The van der Waals surface area contributed by atoms with Crippen LogP contribution in [-0.2, 0) is 0 Å². The van der Waals surface area contributed by atoms with Gasteiger partial charge in [-0.05, 0) is 49.4 Å². The molecule has 0 radical (unpaired) electrons. The van der Waals surface area contributed by atoms with Crippen LogP contribution in [0.5, 0.6) is 0 Å². The second-order valence-electron chi connectivity index (χ2n) is 7.70. The van der Waals surface area contributed by atoms with E-state index in [1.54, 1.807) is 0 Å². The van der Waals surface area contributed by atoms with Gasteiger partial charge in [0.2, 0.25) is 5.95 Å². The smallest absolute Gasteiger partial charge is 0.227 e. The van der Waals surface area contributed by atoms with Crippen molar-refractivity contribution in [1.82, 2.24) is 9.97 Å². The maximum Gasteiger partial charge on any atom is 0.227 e. The maximum atomic E-state index is 4.88. The SMILES string of the molecule is Cc1cccc(N2CCN(c3ccnc(N4CCC(C)CC4)n3)CC2)c1. The monoisotopic (exact) mass is 351 g/mol. The molecular formula is C21H29N5. The Morgan fingerprint density at radius 1 is 0.885 bits per heavy atom. The Bertz CT molecular complexity index is 731. The molecule has 4 rings (SSSR count). The summed E-state index contributed by atoms with van der Waals surface area (Å²) in [5, 5.41) is 0. The summed E-state index contributed by atoms with van der Waals surface area (Å²) >= 11 is 0. The molecule has 2 fully saturated rings. The summed E-state index contributed by atoms with van der Waals surface area (Å²) in [5.41, 5.74) is 2.65. The highest BCUT2D eigenvalue weighted by Crippen LogP contribution is 2.23. The molecule has 26 heavy (non-hydrogen) atoms. The van der Waals surface area contributed by atoms with Crippen LogP contribution >= 0.6 is 0 Å². The quantitative estimate of drug-likeness (QED) is 0.847. The normalized spacial score (nSPS) is 19.1. The number of anilines is 3. The largest absolute Gasteiger partial charge is 0.368 e. The van der Waals surface area contributed by atoms with Crippen LogP contribution in [0.15, 0.2) is 36.5 Å². The molecule has 0 saturated carbocycles. The van der Waals surface area contributed by atoms with Crippen molar-refractivity contribution >= 4 is 17.5 Å². The summed E-state index contributed by atoms with van der Waals surface area (Å²) in [6, 6.07) is 10.8. The van der Waals surface area contributed by atoms with Crippen molar-refractivity contribution in [3.05, 3.63) is 42.1 Å². The lowest BCUT2D eigenvalue weighted by Gasteiger charge is -2.37. The van der Waals surface area contributed by atoms with Gasteiger partial charge in [-0.2, -0.15) is 4.98 Å². The molecular weight excluding hydrogens is 322 g/mol. The van der Waals surface area contributed by atoms with E-state index in [9.17, 15) is 0 Å². The van der Waals surface area contributed by atoms with Gasteiger partial charge in [0.25, 0.3) is 0 Å². The molecule has 2 aliphatic rings. The minimum Gasteiger partial charge on any atom is -0.368 e. The summed E-state index contributed by atoms with van der Waals surface area (Å²) in [5.74, 6) is 2.79. The van der Waals surface area contributed by atoms with Crippen LogP contribution in [0.4, 0.5) is 17.5 Å². The molecule has 0 amide bonds. The Morgan fingerprint density at radius 3 is 2.35 bits per heavy atom. The molecule has 3 heterocycles. The van der Waals surface area contributed by atoms with E-state index in [1.165, 1.54) is 24.1 Å². The number of piperazine rings is 1. The molecule has 1 aromatic carbocycles. The van der Waals surface area contributed by atoms with Crippen LogP contribution in [0.3, 0.4) is 0 Å². The summed E-state index contributed by atoms with van der Waals surface area (Å²) < 4.78 is 0. The molecule has 0 N–H and O–H groups in total. The maximum absolute atomic E-state index is 4.88. The molecule has 0 atom stereocenters. The van der Waals surface area contributed by atoms with E-state index >= 15 is 0 Å². The van der Waals surface area contributed by atoms with E-state index in [1.807, 2.05) is 6.20 Å². The first-order valence-electron chi connectivity index (χ1n) is 9.83. The number of aromatic nitrogens is 2. The molecule has 138 valence electrons. The zero-order chi connectivity index (χ0) is 17.9. The third-order valence-corrected chi connectivity index (χ3v) is 5.67. The average molecular weight is 351 g/mol. The highest BCUT2D eigenvalue weighted by Gasteiger charge is 2.21. The van der Waals surface area contributed by atoms with Crippen molar-refractivity contribution in [2.24, 2.45) is 5.92 Å². The van der Waals surface area contributed by atoms with Gasteiger partial charge in [0, 0.05) is 51.2 Å². The van der Waals surface area contributed by atoms with Crippen molar-refractivity contribution in [2.75, 3.05) is 54.0 Å². The van der Waals surface area contributed by atoms with Gasteiger partial charge in [-0.1, -0.05) is 19.1 Å². The molecule has 0 unspecified atom stereocenters. The van der Waals surface area contributed by atoms with Gasteiger partial charge < -0.3 is 14.7 Å². The number of rotatable bonds is 3. The number of piperidine rings is 1. The van der Waals surface area contributed by atoms with Crippen LogP contribution in [0.2, 0.25) is 0 Å². The van der Waals surface area contributed by atoms with Crippen molar-refractivity contribution in [2.45, 2.75) is 26.7 Å². The topological polar surface area (TPSA) is 35.5 Å². The third-order valence-electron chi connectivity index (χ3n) is 5.67. The highest BCUT2D eigenvalue weighted by atomic mass is 15.3. The number of benzene rings is 1. The lowest BCUT2D eigenvalue weighted by molar-refractivity contribution is 0.434. The number of hydrogen-bond acceptors (Lipinski definition) is 5. The van der Waals surface area contributed by atoms with Crippen LogP contribution < -0.4 is 14.7 Å². The number of nitrogens with zero attached hydrogens (tertiary/aromatic N) is 5. The van der Waals surface area contributed by atoms with Gasteiger partial charge in [0.1, 0.15) is 5.82 Å². The first kappa shape index (κ1) is 17.1. The molecule has 2 aliphatic heterocycles. The van der Waals surface area contributed by atoms with Crippen LogP contribution in [-0.4, -0.2) is 49.2 Å². The van der Waals surface area contributed by atoms with E-state index in [0.717, 1.165) is 57.0 Å². The van der Waals surface area contributed by atoms with Crippen molar-refractivity contribution in [3.63, 3.8) is 0 Å². The standard InChI is InChI=1S/C21H29N5/c1-17-7-10-26(11-8-17)21-22-9-6-20(23-21)25-14-12-24(13-15-25)19-5-3-4-18(2)16-19/h3-6,9,16-17H,7-8,10-15H2,1-2H3. The second kappa shape index (κ2) is 7.52. The Labute approximate surface area is 156 Å². The Hall–Kier alpha value is -2.30. The first-order valence-corrected chi connectivity index (χ1v) is 9.83. The van der Waals surface area contributed by atoms with E-state index in [0.29, 0.717) is 0 Å².